The predicted molar refractivity (Wildman–Crippen MR) is 85.4 cm³/mol. The van der Waals surface area contributed by atoms with E-state index < -0.39 is 10.8 Å². The highest BCUT2D eigenvalue weighted by Crippen LogP contribution is 2.38. The highest BCUT2D eigenvalue weighted by Gasteiger charge is 2.34. The van der Waals surface area contributed by atoms with Crippen LogP contribution in [0.4, 0.5) is 0 Å². The molecule has 1 aromatic carbocycles. The lowest BCUT2D eigenvalue weighted by Crippen LogP contribution is -2.33. The Kier molecular flexibility index (Phi) is 6.41. The molecule has 0 radical (unpaired) electrons. The van der Waals surface area contributed by atoms with Gasteiger partial charge >= 0.3 is 0 Å². The number of rotatable bonds is 6. The van der Waals surface area contributed by atoms with E-state index in [1.807, 2.05) is 6.07 Å². The Bertz CT molecular complexity index is 497. The minimum Gasteiger partial charge on any atom is -0.385 e. The molecule has 1 fully saturated rings. The van der Waals surface area contributed by atoms with E-state index in [2.05, 4.69) is 30.3 Å². The highest BCUT2D eigenvalue weighted by molar-refractivity contribution is 7.85. The third-order valence-electron chi connectivity index (χ3n) is 4.26. The molecule has 0 aromatic heterocycles. The largest absolute Gasteiger partial charge is 0.385 e. The van der Waals surface area contributed by atoms with Crippen LogP contribution in [0.5, 0.6) is 0 Å². The van der Waals surface area contributed by atoms with Crippen molar-refractivity contribution in [1.29, 1.82) is 5.26 Å². The summed E-state index contributed by atoms with van der Waals surface area (Å²) in [6.45, 7) is 0.637. The van der Waals surface area contributed by atoms with E-state index in [0.717, 1.165) is 25.7 Å². The van der Waals surface area contributed by atoms with Gasteiger partial charge in [0.25, 0.3) is 0 Å². The van der Waals surface area contributed by atoms with Crippen molar-refractivity contribution in [3.8, 4) is 6.07 Å². The molecule has 4 heteroatoms. The lowest BCUT2D eigenvalue weighted by atomic mass is 9.79. The summed E-state index contributed by atoms with van der Waals surface area (Å²) >= 11 is 0. The first-order valence-electron chi connectivity index (χ1n) is 7.57. The van der Waals surface area contributed by atoms with E-state index >= 15 is 0 Å². The molecule has 4 atom stereocenters. The molecule has 4 unspecified atom stereocenters. The number of hydrogen-bond donors (Lipinski definition) is 0. The van der Waals surface area contributed by atoms with Gasteiger partial charge < -0.3 is 4.74 Å². The summed E-state index contributed by atoms with van der Waals surface area (Å²) in [5.41, 5.74) is 1.31. The molecule has 21 heavy (non-hydrogen) atoms. The van der Waals surface area contributed by atoms with Gasteiger partial charge in [-0.05, 0) is 37.2 Å². The quantitative estimate of drug-likeness (QED) is 0.758. The second-order valence-corrected chi connectivity index (χ2v) is 7.40. The minimum atomic E-state index is -0.935. The van der Waals surface area contributed by atoms with Crippen molar-refractivity contribution in [3.05, 3.63) is 35.9 Å². The van der Waals surface area contributed by atoms with Crippen LogP contribution >= 0.6 is 0 Å². The summed E-state index contributed by atoms with van der Waals surface area (Å²) in [5.74, 6) is 1.01. The first kappa shape index (κ1) is 16.2. The van der Waals surface area contributed by atoms with Crippen LogP contribution in [0.3, 0.4) is 0 Å². The molecule has 114 valence electrons. The fraction of sp³-hybridized carbons (Fsp3) is 0.588. The molecule has 1 aromatic rings. The molecular weight excluding hydrogens is 282 g/mol. The van der Waals surface area contributed by atoms with Gasteiger partial charge in [-0.3, -0.25) is 4.21 Å². The second-order valence-electron chi connectivity index (χ2n) is 5.63. The Labute approximate surface area is 129 Å². The maximum absolute atomic E-state index is 12.5. The van der Waals surface area contributed by atoms with Crippen LogP contribution in [0.1, 0.15) is 37.2 Å². The zero-order valence-corrected chi connectivity index (χ0v) is 13.3. The Balaban J connectivity index is 2.02. The van der Waals surface area contributed by atoms with Crippen LogP contribution in [0.2, 0.25) is 0 Å². The van der Waals surface area contributed by atoms with Crippen LogP contribution in [-0.2, 0) is 15.5 Å². The van der Waals surface area contributed by atoms with E-state index in [1.165, 1.54) is 5.56 Å². The third kappa shape index (κ3) is 4.39. The maximum atomic E-state index is 12.5. The molecular formula is C17H23NO2S. The van der Waals surface area contributed by atoms with E-state index in [0.29, 0.717) is 18.3 Å². The number of methoxy groups -OCH3 is 1. The minimum absolute atomic E-state index is 0.00538. The average molecular weight is 305 g/mol. The number of nitriles is 1. The molecule has 0 aliphatic heterocycles. The second kappa shape index (κ2) is 8.31. The lowest BCUT2D eigenvalue weighted by Gasteiger charge is -2.32. The normalized spacial score (nSPS) is 27.0. The highest BCUT2D eigenvalue weighted by atomic mass is 32.2. The molecule has 1 aliphatic carbocycles. The number of ether oxygens (including phenoxy) is 1. The monoisotopic (exact) mass is 305 g/mol. The number of benzene rings is 1. The maximum Gasteiger partial charge on any atom is 0.0668 e. The lowest BCUT2D eigenvalue weighted by molar-refractivity contribution is 0.199. The summed E-state index contributed by atoms with van der Waals surface area (Å²) in [6.07, 6.45) is 3.54. The van der Waals surface area contributed by atoms with E-state index in [1.54, 1.807) is 7.11 Å². The van der Waals surface area contributed by atoms with Crippen molar-refractivity contribution < 1.29 is 8.95 Å². The van der Waals surface area contributed by atoms with Crippen LogP contribution in [0, 0.1) is 17.2 Å². The molecule has 2 rings (SSSR count). The molecule has 0 saturated heterocycles. The number of hydrogen-bond acceptors (Lipinski definition) is 3. The first-order valence-corrected chi connectivity index (χ1v) is 8.95. The Morgan fingerprint density at radius 2 is 2.10 bits per heavy atom. The van der Waals surface area contributed by atoms with E-state index in [4.69, 9.17) is 4.74 Å². The zero-order chi connectivity index (χ0) is 15.1. The first-order chi connectivity index (χ1) is 10.3. The number of nitrogens with zero attached hydrogens (tertiary/aromatic N) is 1. The fourth-order valence-corrected chi connectivity index (χ4v) is 4.81. The van der Waals surface area contributed by atoms with Crippen LogP contribution < -0.4 is 0 Å². The van der Waals surface area contributed by atoms with Crippen molar-refractivity contribution in [3.63, 3.8) is 0 Å². The summed E-state index contributed by atoms with van der Waals surface area (Å²) in [4.78, 5) is 0. The molecule has 0 N–H and O–H groups in total. The summed E-state index contributed by atoms with van der Waals surface area (Å²) in [6, 6.07) is 12.8. The Morgan fingerprint density at radius 3 is 2.76 bits per heavy atom. The molecule has 1 saturated carbocycles. The van der Waals surface area contributed by atoms with Crippen molar-refractivity contribution in [2.75, 3.05) is 19.5 Å². The van der Waals surface area contributed by atoms with Crippen LogP contribution in [0.15, 0.2) is 30.3 Å². The van der Waals surface area contributed by atoms with Gasteiger partial charge in [-0.1, -0.05) is 30.3 Å². The van der Waals surface area contributed by atoms with Crippen LogP contribution in [-0.4, -0.2) is 28.9 Å². The van der Waals surface area contributed by atoms with Crippen molar-refractivity contribution in [2.45, 2.75) is 36.9 Å². The standard InChI is InChI=1S/C17H23NO2S/c1-20-10-5-11-21(19)17-12-15(8-9-16(17)13-18)14-6-3-2-4-7-14/h2-4,6-7,15-17H,5,8-12H2,1H3. The average Bonchev–Trinajstić information content (AvgIpc) is 2.55. The van der Waals surface area contributed by atoms with Gasteiger partial charge in [0, 0.05) is 30.3 Å². The molecule has 0 spiro atoms. The van der Waals surface area contributed by atoms with Gasteiger partial charge in [-0.15, -0.1) is 0 Å². The van der Waals surface area contributed by atoms with E-state index in [-0.39, 0.29) is 11.2 Å². The van der Waals surface area contributed by atoms with Crippen molar-refractivity contribution >= 4 is 10.8 Å². The van der Waals surface area contributed by atoms with Crippen LogP contribution in [0.25, 0.3) is 0 Å². The summed E-state index contributed by atoms with van der Waals surface area (Å²) < 4.78 is 17.5. The van der Waals surface area contributed by atoms with Gasteiger partial charge in [-0.25, -0.2) is 0 Å². The third-order valence-corrected chi connectivity index (χ3v) is 6.15. The molecule has 0 heterocycles. The van der Waals surface area contributed by atoms with Gasteiger partial charge in [0.15, 0.2) is 0 Å². The smallest absolute Gasteiger partial charge is 0.0668 e. The summed E-state index contributed by atoms with van der Waals surface area (Å²) in [7, 11) is 0.725. The van der Waals surface area contributed by atoms with Gasteiger partial charge in [-0.2, -0.15) is 5.26 Å². The van der Waals surface area contributed by atoms with Crippen molar-refractivity contribution in [1.82, 2.24) is 0 Å². The van der Waals surface area contributed by atoms with E-state index in [9.17, 15) is 9.47 Å². The van der Waals surface area contributed by atoms with Gasteiger partial charge in [0.2, 0.25) is 0 Å². The zero-order valence-electron chi connectivity index (χ0n) is 12.5. The predicted octanol–water partition coefficient (Wildman–Crippen LogP) is 3.25. The molecule has 1 aliphatic rings. The topological polar surface area (TPSA) is 50.1 Å². The van der Waals surface area contributed by atoms with Gasteiger partial charge in [0.05, 0.1) is 17.2 Å². The van der Waals surface area contributed by atoms with Crippen molar-refractivity contribution in [2.24, 2.45) is 5.92 Å². The Morgan fingerprint density at radius 1 is 1.33 bits per heavy atom. The van der Waals surface area contributed by atoms with Gasteiger partial charge in [0.1, 0.15) is 0 Å². The Hall–Kier alpha value is -1.18. The SMILES string of the molecule is COCCCS(=O)C1CC(c2ccccc2)CCC1C#N. The summed E-state index contributed by atoms with van der Waals surface area (Å²) in [5, 5.41) is 9.33. The fourth-order valence-electron chi connectivity index (χ4n) is 3.09. The molecule has 3 nitrogen and oxygen atoms in total. The molecule has 0 bridgehead atoms. The molecule has 0 amide bonds.